The molecule has 0 unspecified atom stereocenters. The van der Waals surface area contributed by atoms with Crippen LogP contribution in [0.5, 0.6) is 0 Å². The van der Waals surface area contributed by atoms with Crippen LogP contribution in [-0.2, 0) is 25.8 Å². The molecule has 0 aromatic heterocycles. The molecular formula is C20H21ClN2O4S. The van der Waals surface area contributed by atoms with Crippen molar-refractivity contribution < 1.29 is 18.0 Å². The summed E-state index contributed by atoms with van der Waals surface area (Å²) >= 11 is 6.02. The van der Waals surface area contributed by atoms with Crippen LogP contribution < -0.4 is 10.2 Å². The van der Waals surface area contributed by atoms with E-state index >= 15 is 0 Å². The molecule has 0 spiro atoms. The van der Waals surface area contributed by atoms with Gasteiger partial charge < -0.3 is 10.2 Å². The van der Waals surface area contributed by atoms with Crippen molar-refractivity contribution in [3.05, 3.63) is 53.1 Å². The van der Waals surface area contributed by atoms with Crippen molar-refractivity contribution in [1.82, 2.24) is 0 Å². The molecule has 1 atom stereocenters. The van der Waals surface area contributed by atoms with Crippen LogP contribution in [0, 0.1) is 0 Å². The van der Waals surface area contributed by atoms with Crippen LogP contribution >= 0.6 is 11.6 Å². The molecule has 0 radical (unpaired) electrons. The van der Waals surface area contributed by atoms with Gasteiger partial charge >= 0.3 is 0 Å². The lowest BCUT2D eigenvalue weighted by molar-refractivity contribution is -0.117. The summed E-state index contributed by atoms with van der Waals surface area (Å²) in [5, 5.41) is 2.13. The number of carbonyl (C=O) groups is 2. The SMILES string of the molecule is CC(=O)N1CCc2cc(S(=O)(=O)[C@H](C)CC(=O)Nc3ccccc3Cl)ccc21. The summed E-state index contributed by atoms with van der Waals surface area (Å²) < 4.78 is 25.8. The Labute approximate surface area is 169 Å². The van der Waals surface area contributed by atoms with E-state index in [2.05, 4.69) is 5.32 Å². The van der Waals surface area contributed by atoms with E-state index in [1.165, 1.54) is 19.9 Å². The van der Waals surface area contributed by atoms with E-state index in [0.717, 1.165) is 11.3 Å². The summed E-state index contributed by atoms with van der Waals surface area (Å²) in [6, 6.07) is 11.5. The number of para-hydroxylation sites is 1. The summed E-state index contributed by atoms with van der Waals surface area (Å²) in [4.78, 5) is 25.7. The molecule has 28 heavy (non-hydrogen) atoms. The van der Waals surface area contributed by atoms with Gasteiger partial charge in [0.2, 0.25) is 11.8 Å². The number of nitrogens with zero attached hydrogens (tertiary/aromatic N) is 1. The van der Waals surface area contributed by atoms with Crippen molar-refractivity contribution in [1.29, 1.82) is 0 Å². The fraction of sp³-hybridized carbons (Fsp3) is 0.300. The first kappa shape index (κ1) is 20.4. The lowest BCUT2D eigenvalue weighted by Crippen LogP contribution is -2.26. The first-order valence-electron chi connectivity index (χ1n) is 8.89. The Kier molecular flexibility index (Phi) is 5.76. The van der Waals surface area contributed by atoms with Crippen LogP contribution in [0.3, 0.4) is 0 Å². The smallest absolute Gasteiger partial charge is 0.225 e. The molecule has 0 bridgehead atoms. The number of amides is 2. The van der Waals surface area contributed by atoms with E-state index in [1.807, 2.05) is 0 Å². The number of sulfone groups is 1. The van der Waals surface area contributed by atoms with Crippen molar-refractivity contribution >= 4 is 44.6 Å². The number of rotatable bonds is 5. The quantitative estimate of drug-likeness (QED) is 0.803. The maximum absolute atomic E-state index is 12.9. The fourth-order valence-corrected chi connectivity index (χ4v) is 4.83. The van der Waals surface area contributed by atoms with Crippen LogP contribution in [0.1, 0.15) is 25.8 Å². The third-order valence-corrected chi connectivity index (χ3v) is 7.27. The molecular weight excluding hydrogens is 400 g/mol. The van der Waals surface area contributed by atoms with Crippen molar-refractivity contribution in [2.75, 3.05) is 16.8 Å². The van der Waals surface area contributed by atoms with Gasteiger partial charge in [0.15, 0.2) is 9.84 Å². The number of hydrogen-bond donors (Lipinski definition) is 1. The summed E-state index contributed by atoms with van der Waals surface area (Å²) in [5.41, 5.74) is 2.01. The van der Waals surface area contributed by atoms with Gasteiger partial charge in [0.25, 0.3) is 0 Å². The Bertz CT molecular complexity index is 1040. The number of halogens is 1. The van der Waals surface area contributed by atoms with Gasteiger partial charge in [-0.05, 0) is 49.2 Å². The Morgan fingerprint density at radius 1 is 1.21 bits per heavy atom. The summed E-state index contributed by atoms with van der Waals surface area (Å²) in [6.45, 7) is 3.54. The molecule has 0 aliphatic carbocycles. The van der Waals surface area contributed by atoms with Crippen molar-refractivity contribution in [3.8, 4) is 0 Å². The van der Waals surface area contributed by atoms with Gasteiger partial charge in [-0.2, -0.15) is 0 Å². The third-order valence-electron chi connectivity index (χ3n) is 4.81. The highest BCUT2D eigenvalue weighted by Crippen LogP contribution is 2.31. The molecule has 3 rings (SSSR count). The van der Waals surface area contributed by atoms with Gasteiger partial charge in [-0.25, -0.2) is 8.42 Å². The first-order chi connectivity index (χ1) is 13.2. The Hall–Kier alpha value is -2.38. The largest absolute Gasteiger partial charge is 0.325 e. The van der Waals surface area contributed by atoms with Gasteiger partial charge in [-0.1, -0.05) is 23.7 Å². The van der Waals surface area contributed by atoms with Gasteiger partial charge in [0.05, 0.1) is 20.9 Å². The zero-order valence-electron chi connectivity index (χ0n) is 15.6. The minimum Gasteiger partial charge on any atom is -0.325 e. The van der Waals surface area contributed by atoms with Crippen molar-refractivity contribution in [2.24, 2.45) is 0 Å². The molecule has 2 amide bonds. The van der Waals surface area contributed by atoms with E-state index in [0.29, 0.717) is 23.7 Å². The monoisotopic (exact) mass is 420 g/mol. The minimum atomic E-state index is -3.69. The van der Waals surface area contributed by atoms with E-state index < -0.39 is 21.0 Å². The lowest BCUT2D eigenvalue weighted by atomic mass is 10.2. The lowest BCUT2D eigenvalue weighted by Gasteiger charge is -2.16. The molecule has 1 N–H and O–H groups in total. The van der Waals surface area contributed by atoms with Crippen LogP contribution in [0.15, 0.2) is 47.4 Å². The van der Waals surface area contributed by atoms with Gasteiger partial charge in [-0.15, -0.1) is 0 Å². The standard InChI is InChI=1S/C20H21ClN2O4S/c1-13(11-20(25)22-18-6-4-3-5-17(18)21)28(26,27)16-7-8-19-15(12-16)9-10-23(19)14(2)24/h3-8,12-13H,9-11H2,1-2H3,(H,22,25)/t13-/m1/s1. The molecule has 1 aliphatic rings. The van der Waals surface area contributed by atoms with E-state index in [1.54, 1.807) is 41.3 Å². The number of fused-ring (bicyclic) bond motifs is 1. The minimum absolute atomic E-state index is 0.0704. The summed E-state index contributed by atoms with van der Waals surface area (Å²) in [5.74, 6) is -0.493. The van der Waals surface area contributed by atoms with Crippen LogP contribution in [0.25, 0.3) is 0 Å². The van der Waals surface area contributed by atoms with E-state index in [9.17, 15) is 18.0 Å². The number of anilines is 2. The fourth-order valence-electron chi connectivity index (χ4n) is 3.25. The Balaban J connectivity index is 1.75. The first-order valence-corrected chi connectivity index (χ1v) is 10.8. The van der Waals surface area contributed by atoms with Gasteiger partial charge in [-0.3, -0.25) is 9.59 Å². The highest BCUT2D eigenvalue weighted by atomic mass is 35.5. The number of hydrogen-bond acceptors (Lipinski definition) is 4. The maximum atomic E-state index is 12.9. The Morgan fingerprint density at radius 3 is 2.61 bits per heavy atom. The van der Waals surface area contributed by atoms with Crippen LogP contribution in [0.4, 0.5) is 11.4 Å². The molecule has 2 aromatic rings. The van der Waals surface area contributed by atoms with Crippen LogP contribution in [-0.4, -0.2) is 32.0 Å². The molecule has 0 fully saturated rings. The second-order valence-electron chi connectivity index (χ2n) is 6.80. The topological polar surface area (TPSA) is 83.6 Å². The average Bonchev–Trinajstić information content (AvgIpc) is 3.07. The predicted octanol–water partition coefficient (Wildman–Crippen LogP) is 3.44. The summed E-state index contributed by atoms with van der Waals surface area (Å²) in [6.07, 6.45) is 0.420. The Morgan fingerprint density at radius 2 is 1.93 bits per heavy atom. The molecule has 2 aromatic carbocycles. The number of benzene rings is 2. The zero-order valence-corrected chi connectivity index (χ0v) is 17.2. The normalized spacial score (nSPS) is 14.5. The predicted molar refractivity (Wildman–Crippen MR) is 110 cm³/mol. The van der Waals surface area contributed by atoms with E-state index in [4.69, 9.17) is 11.6 Å². The number of carbonyl (C=O) groups excluding carboxylic acids is 2. The third kappa shape index (κ3) is 4.05. The van der Waals surface area contributed by atoms with E-state index in [-0.39, 0.29) is 17.2 Å². The van der Waals surface area contributed by atoms with Crippen LogP contribution in [0.2, 0.25) is 5.02 Å². The molecule has 0 saturated carbocycles. The van der Waals surface area contributed by atoms with Crippen molar-refractivity contribution in [3.63, 3.8) is 0 Å². The number of nitrogens with one attached hydrogen (secondary N) is 1. The molecule has 8 heteroatoms. The molecule has 6 nitrogen and oxygen atoms in total. The van der Waals surface area contributed by atoms with Gasteiger partial charge in [0.1, 0.15) is 0 Å². The molecule has 1 heterocycles. The average molecular weight is 421 g/mol. The zero-order chi connectivity index (χ0) is 20.5. The highest BCUT2D eigenvalue weighted by Gasteiger charge is 2.29. The maximum Gasteiger partial charge on any atom is 0.225 e. The molecule has 148 valence electrons. The molecule has 1 aliphatic heterocycles. The second kappa shape index (κ2) is 7.93. The highest BCUT2D eigenvalue weighted by molar-refractivity contribution is 7.92. The summed E-state index contributed by atoms with van der Waals surface area (Å²) in [7, 11) is -3.69. The second-order valence-corrected chi connectivity index (χ2v) is 9.57. The van der Waals surface area contributed by atoms with Gasteiger partial charge in [0, 0.05) is 25.6 Å². The molecule has 0 saturated heterocycles. The van der Waals surface area contributed by atoms with Crippen molar-refractivity contribution in [2.45, 2.75) is 36.8 Å².